The lowest BCUT2D eigenvalue weighted by Gasteiger charge is -2.31. The number of rotatable bonds is 7. The van der Waals surface area contributed by atoms with Crippen LogP contribution in [0.4, 0.5) is 4.39 Å². The Morgan fingerprint density at radius 1 is 1.23 bits per heavy atom. The number of methoxy groups -OCH3 is 1. The fraction of sp³-hybridized carbons (Fsp3) is 0.455. The maximum absolute atomic E-state index is 13.0. The molecule has 1 aromatic heterocycles. The van der Waals surface area contributed by atoms with E-state index in [0.717, 1.165) is 18.4 Å². The highest BCUT2D eigenvalue weighted by Crippen LogP contribution is 2.26. The number of ether oxygens (including phenoxy) is 1. The second-order valence-corrected chi connectivity index (χ2v) is 7.43. The summed E-state index contributed by atoms with van der Waals surface area (Å²) in [5, 5.41) is 2.81. The van der Waals surface area contributed by atoms with E-state index in [-0.39, 0.29) is 23.5 Å². The molecule has 3 rings (SSSR count). The van der Waals surface area contributed by atoms with E-state index in [1.165, 1.54) is 12.1 Å². The monoisotopic (exact) mass is 414 g/mol. The van der Waals surface area contributed by atoms with Gasteiger partial charge >= 0.3 is 0 Å². The van der Waals surface area contributed by atoms with E-state index in [0.29, 0.717) is 49.7 Å². The second kappa shape index (κ2) is 10.2. The molecule has 0 unspecified atom stereocenters. The Morgan fingerprint density at radius 2 is 1.93 bits per heavy atom. The van der Waals surface area contributed by atoms with Crippen molar-refractivity contribution >= 4 is 11.8 Å². The molecular weight excluding hydrogens is 387 g/mol. The minimum absolute atomic E-state index is 0.112. The van der Waals surface area contributed by atoms with Crippen molar-refractivity contribution < 1.29 is 18.7 Å². The summed E-state index contributed by atoms with van der Waals surface area (Å²) in [6.07, 6.45) is 3.56. The highest BCUT2D eigenvalue weighted by molar-refractivity contribution is 5.94. The van der Waals surface area contributed by atoms with Gasteiger partial charge in [0.05, 0.1) is 24.3 Å². The number of nitrogens with one attached hydrogen (secondary N) is 1. The highest BCUT2D eigenvalue weighted by atomic mass is 19.1. The van der Waals surface area contributed by atoms with Crippen LogP contribution < -0.4 is 5.32 Å². The Balaban J connectivity index is 1.55. The summed E-state index contributed by atoms with van der Waals surface area (Å²) in [5.74, 6) is 0.427. The normalized spacial score (nSPS) is 14.6. The minimum atomic E-state index is -0.310. The lowest BCUT2D eigenvalue weighted by molar-refractivity contribution is -0.133. The number of nitrogens with zero attached hydrogens (tertiary/aromatic N) is 3. The number of hydrogen-bond donors (Lipinski definition) is 1. The lowest BCUT2D eigenvalue weighted by Crippen LogP contribution is -2.38. The molecule has 0 radical (unpaired) electrons. The molecule has 1 N–H and O–H groups in total. The van der Waals surface area contributed by atoms with Crippen molar-refractivity contribution in [3.8, 4) is 0 Å². The van der Waals surface area contributed by atoms with E-state index < -0.39 is 0 Å². The van der Waals surface area contributed by atoms with E-state index in [2.05, 4.69) is 15.3 Å². The number of carbonyl (C=O) groups is 2. The fourth-order valence-corrected chi connectivity index (χ4v) is 3.52. The van der Waals surface area contributed by atoms with Gasteiger partial charge in [-0.3, -0.25) is 9.59 Å². The van der Waals surface area contributed by atoms with Crippen LogP contribution >= 0.6 is 0 Å². The summed E-state index contributed by atoms with van der Waals surface area (Å²) >= 11 is 0. The smallest absolute Gasteiger partial charge is 0.254 e. The average Bonchev–Trinajstić information content (AvgIpc) is 2.77. The number of aromatic nitrogens is 2. The summed E-state index contributed by atoms with van der Waals surface area (Å²) in [5.41, 5.74) is 1.86. The lowest BCUT2D eigenvalue weighted by atomic mass is 9.95. The van der Waals surface area contributed by atoms with Gasteiger partial charge in [0, 0.05) is 38.9 Å². The predicted octanol–water partition coefficient (Wildman–Crippen LogP) is 2.60. The standard InChI is InChI=1S/C22H27FN4O3/c1-15-19(22(29)25-13-16-3-5-18(23)6-4-16)14-24-21(26-15)17-7-10-27(11-8-17)20(28)9-12-30-2/h3-6,14,17H,7-13H2,1-2H3,(H,25,29). The topological polar surface area (TPSA) is 84.4 Å². The fourth-order valence-electron chi connectivity index (χ4n) is 3.52. The zero-order valence-electron chi connectivity index (χ0n) is 17.4. The van der Waals surface area contributed by atoms with E-state index in [1.807, 2.05) is 4.90 Å². The third-order valence-electron chi connectivity index (χ3n) is 5.34. The molecule has 0 atom stereocenters. The van der Waals surface area contributed by atoms with Gasteiger partial charge in [0.2, 0.25) is 5.91 Å². The number of halogens is 1. The first-order valence-electron chi connectivity index (χ1n) is 10.1. The number of amides is 2. The van der Waals surface area contributed by atoms with Crippen molar-refractivity contribution in [3.63, 3.8) is 0 Å². The largest absolute Gasteiger partial charge is 0.384 e. The molecular formula is C22H27FN4O3. The average molecular weight is 414 g/mol. The molecule has 8 heteroatoms. The van der Waals surface area contributed by atoms with E-state index in [9.17, 15) is 14.0 Å². The van der Waals surface area contributed by atoms with Crippen LogP contribution in [0.25, 0.3) is 0 Å². The summed E-state index contributed by atoms with van der Waals surface area (Å²) < 4.78 is 17.9. The van der Waals surface area contributed by atoms with E-state index >= 15 is 0 Å². The van der Waals surface area contributed by atoms with Crippen LogP contribution in [0.15, 0.2) is 30.5 Å². The van der Waals surface area contributed by atoms with Crippen LogP contribution in [0, 0.1) is 12.7 Å². The third kappa shape index (κ3) is 5.60. The van der Waals surface area contributed by atoms with Gasteiger partial charge in [-0.05, 0) is 37.5 Å². The molecule has 0 aliphatic carbocycles. The van der Waals surface area contributed by atoms with Crippen LogP contribution in [-0.2, 0) is 16.1 Å². The van der Waals surface area contributed by atoms with Crippen molar-refractivity contribution in [1.82, 2.24) is 20.2 Å². The van der Waals surface area contributed by atoms with Gasteiger partial charge in [0.1, 0.15) is 11.6 Å². The molecule has 0 spiro atoms. The number of carbonyl (C=O) groups excluding carboxylic acids is 2. The molecule has 0 saturated carbocycles. The Labute approximate surface area is 175 Å². The SMILES string of the molecule is COCCC(=O)N1CCC(c2ncc(C(=O)NCc3ccc(F)cc3)c(C)n2)CC1. The first-order chi connectivity index (χ1) is 14.5. The zero-order valence-corrected chi connectivity index (χ0v) is 17.4. The van der Waals surface area contributed by atoms with Crippen LogP contribution in [0.3, 0.4) is 0 Å². The number of piperidine rings is 1. The maximum Gasteiger partial charge on any atom is 0.254 e. The van der Waals surface area contributed by atoms with Gasteiger partial charge in [-0.25, -0.2) is 14.4 Å². The molecule has 0 bridgehead atoms. The van der Waals surface area contributed by atoms with Gasteiger partial charge in [-0.1, -0.05) is 12.1 Å². The number of aryl methyl sites for hydroxylation is 1. The third-order valence-corrected chi connectivity index (χ3v) is 5.34. The van der Waals surface area contributed by atoms with Gasteiger partial charge in [0.15, 0.2) is 0 Å². The Bertz CT molecular complexity index is 880. The van der Waals surface area contributed by atoms with Crippen LogP contribution in [0.2, 0.25) is 0 Å². The summed E-state index contributed by atoms with van der Waals surface area (Å²) in [4.78, 5) is 35.4. The number of hydrogen-bond acceptors (Lipinski definition) is 5. The molecule has 1 aliphatic heterocycles. The quantitative estimate of drug-likeness (QED) is 0.753. The van der Waals surface area contributed by atoms with Crippen molar-refractivity contribution in [2.24, 2.45) is 0 Å². The molecule has 2 heterocycles. The van der Waals surface area contributed by atoms with Crippen LogP contribution in [-0.4, -0.2) is 53.5 Å². The summed E-state index contributed by atoms with van der Waals surface area (Å²) in [6, 6.07) is 5.99. The minimum Gasteiger partial charge on any atom is -0.384 e. The molecule has 30 heavy (non-hydrogen) atoms. The highest BCUT2D eigenvalue weighted by Gasteiger charge is 2.26. The Kier molecular flexibility index (Phi) is 7.46. The Hall–Kier alpha value is -2.87. The van der Waals surface area contributed by atoms with E-state index in [1.54, 1.807) is 32.4 Å². The van der Waals surface area contributed by atoms with Gasteiger partial charge in [-0.15, -0.1) is 0 Å². The molecule has 160 valence electrons. The van der Waals surface area contributed by atoms with Crippen molar-refractivity contribution in [2.45, 2.75) is 38.6 Å². The van der Waals surface area contributed by atoms with Gasteiger partial charge in [0.25, 0.3) is 5.91 Å². The van der Waals surface area contributed by atoms with Gasteiger partial charge in [-0.2, -0.15) is 0 Å². The Morgan fingerprint density at radius 3 is 2.57 bits per heavy atom. The molecule has 1 saturated heterocycles. The maximum atomic E-state index is 13.0. The molecule has 7 nitrogen and oxygen atoms in total. The van der Waals surface area contributed by atoms with Crippen molar-refractivity contribution in [1.29, 1.82) is 0 Å². The summed E-state index contributed by atoms with van der Waals surface area (Å²) in [7, 11) is 1.59. The molecule has 2 aromatic rings. The van der Waals surface area contributed by atoms with Crippen LogP contribution in [0.5, 0.6) is 0 Å². The van der Waals surface area contributed by atoms with Crippen LogP contribution in [0.1, 0.15) is 52.6 Å². The first kappa shape index (κ1) is 21.8. The second-order valence-electron chi connectivity index (χ2n) is 7.43. The van der Waals surface area contributed by atoms with E-state index in [4.69, 9.17) is 4.74 Å². The molecule has 1 fully saturated rings. The zero-order chi connectivity index (χ0) is 21.5. The number of benzene rings is 1. The molecule has 1 aliphatic rings. The first-order valence-corrected chi connectivity index (χ1v) is 10.1. The van der Waals surface area contributed by atoms with Gasteiger partial charge < -0.3 is 15.0 Å². The summed E-state index contributed by atoms with van der Waals surface area (Å²) in [6.45, 7) is 3.88. The molecule has 2 amide bonds. The number of likely N-dealkylation sites (tertiary alicyclic amines) is 1. The van der Waals surface area contributed by atoms with Crippen molar-refractivity contribution in [3.05, 3.63) is 58.9 Å². The predicted molar refractivity (Wildman–Crippen MR) is 109 cm³/mol. The van der Waals surface area contributed by atoms with Crippen molar-refractivity contribution in [2.75, 3.05) is 26.8 Å². The molecule has 1 aromatic carbocycles.